The fourth-order valence-electron chi connectivity index (χ4n) is 6.49. The van der Waals surface area contributed by atoms with Gasteiger partial charge in [-0.15, -0.1) is 0 Å². The molecule has 236 valence electrons. The van der Waals surface area contributed by atoms with Gasteiger partial charge in [-0.2, -0.15) is 26.3 Å². The van der Waals surface area contributed by atoms with Crippen LogP contribution < -0.4 is 0 Å². The lowest BCUT2D eigenvalue weighted by Crippen LogP contribution is -2.24. The molecule has 0 saturated carbocycles. The Morgan fingerprint density at radius 3 is 1.81 bits per heavy atom. The van der Waals surface area contributed by atoms with E-state index in [-0.39, 0.29) is 16.7 Å². The maximum Gasteiger partial charge on any atom is 0.417 e. The van der Waals surface area contributed by atoms with Crippen molar-refractivity contribution in [2.75, 3.05) is 7.05 Å². The average molecular weight is 643 g/mol. The number of alkyl halides is 6. The van der Waals surface area contributed by atoms with Crippen LogP contribution in [0, 0.1) is 13.8 Å². The first-order chi connectivity index (χ1) is 22.1. The number of amides is 2. The molecule has 0 saturated heterocycles. The van der Waals surface area contributed by atoms with Crippen LogP contribution in [0.25, 0.3) is 49.7 Å². The molecule has 1 aromatic heterocycles. The molecule has 0 aliphatic carbocycles. The smallest absolute Gasteiger partial charge is 0.308 e. The second kappa shape index (κ2) is 10.3. The van der Waals surface area contributed by atoms with E-state index in [4.69, 9.17) is 0 Å². The monoisotopic (exact) mass is 642 g/mol. The number of hydrogen-bond donors (Lipinski definition) is 0. The van der Waals surface area contributed by atoms with Crippen LogP contribution >= 0.6 is 0 Å². The summed E-state index contributed by atoms with van der Waals surface area (Å²) in [5.74, 6) is -1.01. The van der Waals surface area contributed by atoms with Gasteiger partial charge in [-0.05, 0) is 84.1 Å². The molecule has 10 heteroatoms. The quantitative estimate of drug-likeness (QED) is 0.142. The second-order valence-electron chi connectivity index (χ2n) is 11.7. The Balaban J connectivity index is 1.55. The molecule has 4 nitrogen and oxygen atoms in total. The number of benzene rings is 5. The Kier molecular flexibility index (Phi) is 6.65. The van der Waals surface area contributed by atoms with Crippen molar-refractivity contribution < 1.29 is 35.9 Å². The van der Waals surface area contributed by atoms with E-state index in [1.54, 1.807) is 79.1 Å². The first kappa shape index (κ1) is 30.3. The lowest BCUT2D eigenvalue weighted by Gasteiger charge is -2.16. The number of fused-ring (bicyclic) bond motifs is 4. The van der Waals surface area contributed by atoms with Gasteiger partial charge >= 0.3 is 12.4 Å². The summed E-state index contributed by atoms with van der Waals surface area (Å²) < 4.78 is 84.5. The highest BCUT2D eigenvalue weighted by Gasteiger charge is 2.37. The third-order valence-corrected chi connectivity index (χ3v) is 8.76. The van der Waals surface area contributed by atoms with Crippen molar-refractivity contribution in [3.05, 3.63) is 124 Å². The van der Waals surface area contributed by atoms with Crippen LogP contribution in [0.5, 0.6) is 0 Å². The summed E-state index contributed by atoms with van der Waals surface area (Å²) in [6, 6.07) is 22.8. The summed E-state index contributed by atoms with van der Waals surface area (Å²) in [4.78, 5) is 27.3. The van der Waals surface area contributed by atoms with Crippen LogP contribution in [0.4, 0.5) is 26.3 Å². The maximum absolute atomic E-state index is 14.2. The molecule has 2 heterocycles. The van der Waals surface area contributed by atoms with Gasteiger partial charge in [0.05, 0.1) is 39.0 Å². The minimum absolute atomic E-state index is 0.0212. The first-order valence-electron chi connectivity index (χ1n) is 14.6. The third-order valence-electron chi connectivity index (χ3n) is 8.76. The minimum atomic E-state index is -4.62. The Bertz CT molecular complexity index is 2310. The molecule has 1 aliphatic heterocycles. The van der Waals surface area contributed by atoms with Gasteiger partial charge in [0.2, 0.25) is 0 Å². The van der Waals surface area contributed by atoms with Crippen molar-refractivity contribution in [1.82, 2.24) is 9.47 Å². The number of aryl methyl sites for hydroxylation is 2. The van der Waals surface area contributed by atoms with E-state index >= 15 is 0 Å². The summed E-state index contributed by atoms with van der Waals surface area (Å²) in [7, 11) is 1.37. The second-order valence-corrected chi connectivity index (χ2v) is 11.7. The topological polar surface area (TPSA) is 42.3 Å². The predicted octanol–water partition coefficient (Wildman–Crippen LogP) is 10.00. The Hall–Kier alpha value is -5.38. The Morgan fingerprint density at radius 1 is 0.596 bits per heavy atom. The number of imide groups is 1. The SMILES string of the molecule is Cc1ccc(-c2ccc3c4ccc(-c5ccc(C(F)(F)F)cc5C)cc4n(-c4cccc5c4C(=O)N(C)C5=O)c3c2)c(C(F)(F)F)c1. The molecule has 0 fully saturated rings. The fourth-order valence-corrected chi connectivity index (χ4v) is 6.49. The van der Waals surface area contributed by atoms with Crippen molar-refractivity contribution in [2.24, 2.45) is 0 Å². The summed E-state index contributed by atoms with van der Waals surface area (Å²) in [6.07, 6.45) is -9.12. The van der Waals surface area contributed by atoms with E-state index in [1.807, 2.05) is 0 Å². The van der Waals surface area contributed by atoms with Crippen molar-refractivity contribution in [1.29, 1.82) is 0 Å². The number of hydrogen-bond acceptors (Lipinski definition) is 2. The molecule has 0 N–H and O–H groups in total. The van der Waals surface area contributed by atoms with Crippen molar-refractivity contribution >= 4 is 33.6 Å². The zero-order valence-corrected chi connectivity index (χ0v) is 25.1. The van der Waals surface area contributed by atoms with Crippen molar-refractivity contribution in [3.8, 4) is 27.9 Å². The summed E-state index contributed by atoms with van der Waals surface area (Å²) in [5.41, 5.74) is 2.42. The molecule has 6 aromatic rings. The summed E-state index contributed by atoms with van der Waals surface area (Å²) in [5, 5.41) is 1.37. The third kappa shape index (κ3) is 4.78. The highest BCUT2D eigenvalue weighted by molar-refractivity contribution is 6.23. The highest BCUT2D eigenvalue weighted by atomic mass is 19.4. The maximum atomic E-state index is 14.2. The molecule has 1 aliphatic rings. The Morgan fingerprint density at radius 2 is 1.21 bits per heavy atom. The number of carbonyl (C=O) groups is 2. The van der Waals surface area contributed by atoms with Gasteiger partial charge in [0.15, 0.2) is 0 Å². The van der Waals surface area contributed by atoms with Crippen LogP contribution in [-0.2, 0) is 12.4 Å². The number of carbonyl (C=O) groups excluding carboxylic acids is 2. The fraction of sp³-hybridized carbons (Fsp3) is 0.135. The molecule has 0 spiro atoms. The summed E-state index contributed by atoms with van der Waals surface area (Å²) >= 11 is 0. The van der Waals surface area contributed by atoms with E-state index in [0.717, 1.165) is 23.1 Å². The van der Waals surface area contributed by atoms with E-state index in [0.29, 0.717) is 55.3 Å². The zero-order valence-electron chi connectivity index (χ0n) is 25.1. The molecule has 0 unspecified atom stereocenters. The van der Waals surface area contributed by atoms with Gasteiger partial charge in [0.1, 0.15) is 0 Å². The highest BCUT2D eigenvalue weighted by Crippen LogP contribution is 2.43. The Labute approximate surface area is 264 Å². The number of rotatable bonds is 3. The van der Waals surface area contributed by atoms with E-state index in [9.17, 15) is 35.9 Å². The molecule has 2 amide bonds. The average Bonchev–Trinajstić information content (AvgIpc) is 3.46. The normalized spacial score (nSPS) is 13.7. The van der Waals surface area contributed by atoms with Gasteiger partial charge < -0.3 is 4.57 Å². The molecule has 47 heavy (non-hydrogen) atoms. The van der Waals surface area contributed by atoms with Crippen molar-refractivity contribution in [3.63, 3.8) is 0 Å². The number of halogens is 6. The van der Waals surface area contributed by atoms with Gasteiger partial charge in [-0.1, -0.05) is 54.1 Å². The minimum Gasteiger partial charge on any atom is -0.308 e. The summed E-state index contributed by atoms with van der Waals surface area (Å²) in [6.45, 7) is 3.17. The largest absolute Gasteiger partial charge is 0.417 e. The molecule has 5 aromatic carbocycles. The van der Waals surface area contributed by atoms with Gasteiger partial charge in [-0.3, -0.25) is 14.5 Å². The van der Waals surface area contributed by atoms with Crippen LogP contribution in [0.3, 0.4) is 0 Å². The molecule has 0 radical (unpaired) electrons. The molecular formula is C37H24F6N2O2. The predicted molar refractivity (Wildman–Crippen MR) is 168 cm³/mol. The van der Waals surface area contributed by atoms with E-state index < -0.39 is 35.3 Å². The van der Waals surface area contributed by atoms with Gasteiger partial charge in [-0.25, -0.2) is 0 Å². The van der Waals surface area contributed by atoms with Crippen LogP contribution in [-0.4, -0.2) is 28.3 Å². The van der Waals surface area contributed by atoms with E-state index in [2.05, 4.69) is 0 Å². The molecule has 0 bridgehead atoms. The van der Waals surface area contributed by atoms with Crippen LogP contribution in [0.15, 0.2) is 91.0 Å². The molecule has 7 rings (SSSR count). The zero-order chi connectivity index (χ0) is 33.6. The number of nitrogens with zero attached hydrogens (tertiary/aromatic N) is 2. The lowest BCUT2D eigenvalue weighted by molar-refractivity contribution is -0.138. The first-order valence-corrected chi connectivity index (χ1v) is 14.6. The van der Waals surface area contributed by atoms with Gasteiger partial charge in [0.25, 0.3) is 11.8 Å². The van der Waals surface area contributed by atoms with Gasteiger partial charge in [0, 0.05) is 17.8 Å². The standard InChI is InChI=1S/C37H24F6N2O2/c1-19-7-11-25(29(15-19)37(41,42)43)22-9-13-27-26-12-8-21(24-14-10-23(16-20(24)2)36(38,39)40)17-31(26)45(32(27)18-22)30-6-4-5-28-33(30)35(47)44(3)34(28)46/h4-18H,1-3H3. The lowest BCUT2D eigenvalue weighted by atomic mass is 9.96. The van der Waals surface area contributed by atoms with E-state index in [1.165, 1.54) is 19.2 Å². The molecule has 0 atom stereocenters. The van der Waals surface area contributed by atoms with Crippen molar-refractivity contribution in [2.45, 2.75) is 26.2 Å². The number of aromatic nitrogens is 1. The van der Waals surface area contributed by atoms with Crippen LogP contribution in [0.1, 0.15) is 43.0 Å². The van der Waals surface area contributed by atoms with Crippen LogP contribution in [0.2, 0.25) is 0 Å². The molecular weight excluding hydrogens is 618 g/mol.